The van der Waals surface area contributed by atoms with Gasteiger partial charge in [-0.2, -0.15) is 5.10 Å². The van der Waals surface area contributed by atoms with Gasteiger partial charge in [0.05, 0.1) is 19.3 Å². The molecule has 0 saturated carbocycles. The van der Waals surface area contributed by atoms with Gasteiger partial charge >= 0.3 is 6.03 Å². The van der Waals surface area contributed by atoms with Gasteiger partial charge in [0.25, 0.3) is 0 Å². The molecular formula is C17H21FN4O2. The summed E-state index contributed by atoms with van der Waals surface area (Å²) in [6, 6.07) is 6.11. The molecule has 128 valence electrons. The van der Waals surface area contributed by atoms with Crippen molar-refractivity contribution in [3.8, 4) is 0 Å². The predicted molar refractivity (Wildman–Crippen MR) is 87.0 cm³/mol. The van der Waals surface area contributed by atoms with Crippen molar-refractivity contribution in [1.82, 2.24) is 20.0 Å². The highest BCUT2D eigenvalue weighted by atomic mass is 19.1. The number of morpholine rings is 1. The van der Waals surface area contributed by atoms with Crippen LogP contribution in [-0.4, -0.2) is 47.0 Å². The summed E-state index contributed by atoms with van der Waals surface area (Å²) >= 11 is 0. The molecule has 3 rings (SSSR count). The predicted octanol–water partition coefficient (Wildman–Crippen LogP) is 1.88. The number of nitrogens with zero attached hydrogens (tertiary/aromatic N) is 3. The second kappa shape index (κ2) is 7.44. The van der Waals surface area contributed by atoms with Crippen LogP contribution in [0.25, 0.3) is 0 Å². The number of halogens is 1. The average Bonchev–Trinajstić information content (AvgIpc) is 3.01. The highest BCUT2D eigenvalue weighted by Crippen LogP contribution is 2.22. The molecule has 24 heavy (non-hydrogen) atoms. The van der Waals surface area contributed by atoms with Gasteiger partial charge in [0.15, 0.2) is 0 Å². The van der Waals surface area contributed by atoms with Crippen LogP contribution < -0.4 is 5.32 Å². The Morgan fingerprint density at radius 2 is 2.21 bits per heavy atom. The molecule has 0 bridgehead atoms. The number of urea groups is 1. The van der Waals surface area contributed by atoms with Gasteiger partial charge in [0, 0.05) is 26.3 Å². The van der Waals surface area contributed by atoms with Crippen molar-refractivity contribution in [2.45, 2.75) is 12.5 Å². The quantitative estimate of drug-likeness (QED) is 0.930. The minimum atomic E-state index is -0.278. The maximum Gasteiger partial charge on any atom is 0.317 e. The summed E-state index contributed by atoms with van der Waals surface area (Å²) in [6.45, 7) is 2.04. The van der Waals surface area contributed by atoms with Gasteiger partial charge in [-0.3, -0.25) is 4.68 Å². The lowest BCUT2D eigenvalue weighted by Crippen LogP contribution is -2.47. The van der Waals surface area contributed by atoms with E-state index in [9.17, 15) is 9.18 Å². The van der Waals surface area contributed by atoms with Crippen LogP contribution in [0.4, 0.5) is 9.18 Å². The third-order valence-corrected chi connectivity index (χ3v) is 4.04. The molecule has 2 heterocycles. The summed E-state index contributed by atoms with van der Waals surface area (Å²) < 4.78 is 20.5. The Morgan fingerprint density at radius 1 is 1.42 bits per heavy atom. The van der Waals surface area contributed by atoms with E-state index in [-0.39, 0.29) is 18.0 Å². The van der Waals surface area contributed by atoms with Crippen LogP contribution in [0.15, 0.2) is 36.7 Å². The Kier molecular flexibility index (Phi) is 5.10. The lowest BCUT2D eigenvalue weighted by Gasteiger charge is -2.33. The smallest absolute Gasteiger partial charge is 0.317 e. The van der Waals surface area contributed by atoms with Crippen molar-refractivity contribution < 1.29 is 13.9 Å². The summed E-state index contributed by atoms with van der Waals surface area (Å²) in [6.07, 6.45) is 4.26. The number of amides is 2. The molecule has 0 aliphatic carbocycles. The first-order chi connectivity index (χ1) is 11.6. The van der Waals surface area contributed by atoms with Crippen molar-refractivity contribution in [1.29, 1.82) is 0 Å². The van der Waals surface area contributed by atoms with E-state index in [1.807, 2.05) is 13.2 Å². The molecule has 2 amide bonds. The van der Waals surface area contributed by atoms with Gasteiger partial charge < -0.3 is 15.0 Å². The molecular weight excluding hydrogens is 311 g/mol. The van der Waals surface area contributed by atoms with Gasteiger partial charge in [0.2, 0.25) is 0 Å². The minimum Gasteiger partial charge on any atom is -0.370 e. The average molecular weight is 332 g/mol. The molecule has 1 atom stereocenters. The van der Waals surface area contributed by atoms with E-state index in [1.165, 1.54) is 12.1 Å². The van der Waals surface area contributed by atoms with E-state index in [0.29, 0.717) is 26.2 Å². The van der Waals surface area contributed by atoms with Crippen molar-refractivity contribution in [3.63, 3.8) is 0 Å². The maximum atomic E-state index is 13.0. The second-order valence-electron chi connectivity index (χ2n) is 5.86. The highest BCUT2D eigenvalue weighted by molar-refractivity contribution is 5.74. The zero-order valence-corrected chi connectivity index (χ0v) is 13.6. The first-order valence-electron chi connectivity index (χ1n) is 7.99. The molecule has 0 spiro atoms. The Labute approximate surface area is 140 Å². The van der Waals surface area contributed by atoms with Crippen LogP contribution >= 0.6 is 0 Å². The number of aromatic nitrogens is 2. The SMILES string of the molecule is Cn1cc(CCNC(=O)N2CCO[C@H](c3ccc(F)cc3)C2)cn1. The summed E-state index contributed by atoms with van der Waals surface area (Å²) in [5.41, 5.74) is 1.97. The Bertz CT molecular complexity index is 686. The first-order valence-corrected chi connectivity index (χ1v) is 7.99. The Balaban J connectivity index is 1.50. The van der Waals surface area contributed by atoms with Gasteiger partial charge in [-0.1, -0.05) is 12.1 Å². The monoisotopic (exact) mass is 332 g/mol. The molecule has 1 aliphatic heterocycles. The second-order valence-corrected chi connectivity index (χ2v) is 5.86. The van der Waals surface area contributed by atoms with Crippen LogP contribution in [0.1, 0.15) is 17.2 Å². The fourth-order valence-corrected chi connectivity index (χ4v) is 2.74. The molecule has 2 aromatic rings. The normalized spacial score (nSPS) is 17.8. The number of nitrogens with one attached hydrogen (secondary N) is 1. The minimum absolute atomic E-state index is 0.102. The summed E-state index contributed by atoms with van der Waals surface area (Å²) in [7, 11) is 1.87. The van der Waals surface area contributed by atoms with Gasteiger partial charge in [0.1, 0.15) is 11.9 Å². The van der Waals surface area contributed by atoms with Crippen LogP contribution in [0, 0.1) is 5.82 Å². The molecule has 1 saturated heterocycles. The number of benzene rings is 1. The molecule has 1 aliphatic rings. The fraction of sp³-hybridized carbons (Fsp3) is 0.412. The molecule has 1 fully saturated rings. The summed E-state index contributed by atoms with van der Waals surface area (Å²) in [5, 5.41) is 7.03. The largest absolute Gasteiger partial charge is 0.370 e. The van der Waals surface area contributed by atoms with Crippen molar-refractivity contribution in [3.05, 3.63) is 53.6 Å². The van der Waals surface area contributed by atoms with Gasteiger partial charge in [-0.15, -0.1) is 0 Å². The van der Waals surface area contributed by atoms with Crippen LogP contribution in [0.2, 0.25) is 0 Å². The van der Waals surface area contributed by atoms with E-state index in [1.54, 1.807) is 27.9 Å². The van der Waals surface area contributed by atoms with E-state index >= 15 is 0 Å². The Morgan fingerprint density at radius 3 is 2.92 bits per heavy atom. The lowest BCUT2D eigenvalue weighted by atomic mass is 10.1. The standard InChI is InChI=1S/C17H21FN4O2/c1-21-11-13(10-20-21)6-7-19-17(23)22-8-9-24-16(12-22)14-2-4-15(18)5-3-14/h2-5,10-11,16H,6-9,12H2,1H3,(H,19,23)/t16-/m0/s1. The fourth-order valence-electron chi connectivity index (χ4n) is 2.74. The molecule has 1 aromatic heterocycles. The van der Waals surface area contributed by atoms with E-state index < -0.39 is 0 Å². The van der Waals surface area contributed by atoms with E-state index in [2.05, 4.69) is 10.4 Å². The van der Waals surface area contributed by atoms with Crippen LogP contribution in [0.5, 0.6) is 0 Å². The van der Waals surface area contributed by atoms with Crippen molar-refractivity contribution in [2.75, 3.05) is 26.2 Å². The van der Waals surface area contributed by atoms with Gasteiger partial charge in [-0.25, -0.2) is 9.18 Å². The van der Waals surface area contributed by atoms with Crippen molar-refractivity contribution in [2.24, 2.45) is 7.05 Å². The molecule has 1 aromatic carbocycles. The molecule has 7 heteroatoms. The summed E-state index contributed by atoms with van der Waals surface area (Å²) in [4.78, 5) is 14.0. The molecule has 0 radical (unpaired) electrons. The number of ether oxygens (including phenoxy) is 1. The number of hydrogen-bond donors (Lipinski definition) is 1. The summed E-state index contributed by atoms with van der Waals surface area (Å²) in [5.74, 6) is -0.278. The third-order valence-electron chi connectivity index (χ3n) is 4.04. The molecule has 0 unspecified atom stereocenters. The number of hydrogen-bond acceptors (Lipinski definition) is 3. The third kappa shape index (κ3) is 4.11. The van der Waals surface area contributed by atoms with Crippen molar-refractivity contribution >= 4 is 6.03 Å². The van der Waals surface area contributed by atoms with Crippen LogP contribution in [-0.2, 0) is 18.2 Å². The Hall–Kier alpha value is -2.41. The van der Waals surface area contributed by atoms with Crippen LogP contribution in [0.3, 0.4) is 0 Å². The van der Waals surface area contributed by atoms with E-state index in [4.69, 9.17) is 4.74 Å². The number of carbonyl (C=O) groups is 1. The first kappa shape index (κ1) is 16.4. The van der Waals surface area contributed by atoms with Gasteiger partial charge in [-0.05, 0) is 29.7 Å². The highest BCUT2D eigenvalue weighted by Gasteiger charge is 2.25. The zero-order valence-electron chi connectivity index (χ0n) is 13.6. The van der Waals surface area contributed by atoms with E-state index in [0.717, 1.165) is 17.5 Å². The lowest BCUT2D eigenvalue weighted by molar-refractivity contribution is -0.0154. The number of aryl methyl sites for hydroxylation is 1. The topological polar surface area (TPSA) is 59.4 Å². The number of rotatable bonds is 4. The number of carbonyl (C=O) groups excluding carboxylic acids is 1. The zero-order chi connectivity index (χ0) is 16.9. The molecule has 6 nitrogen and oxygen atoms in total. The maximum absolute atomic E-state index is 13.0. The molecule has 1 N–H and O–H groups in total.